The third kappa shape index (κ3) is 9.29. The van der Waals surface area contributed by atoms with Gasteiger partial charge < -0.3 is 4.74 Å². The first-order valence-electron chi connectivity index (χ1n) is 13.2. The number of esters is 1. The first-order chi connectivity index (χ1) is 16.5. The van der Waals surface area contributed by atoms with Crippen molar-refractivity contribution in [3.8, 4) is 23.1 Å². The molecule has 0 radical (unpaired) electrons. The van der Waals surface area contributed by atoms with E-state index in [1.807, 2.05) is 25.3 Å². The molecule has 1 aromatic carbocycles. The molecule has 0 aliphatic rings. The Kier molecular flexibility index (Phi) is 12.4. The molecule has 0 saturated heterocycles. The highest BCUT2D eigenvalue weighted by Gasteiger charge is 2.34. The van der Waals surface area contributed by atoms with Crippen LogP contribution in [0.25, 0.3) is 11.3 Å². The van der Waals surface area contributed by atoms with Gasteiger partial charge in [0.1, 0.15) is 5.75 Å². The van der Waals surface area contributed by atoms with Crippen LogP contribution >= 0.6 is 0 Å². The fourth-order valence-electron chi connectivity index (χ4n) is 4.18. The highest BCUT2D eigenvalue weighted by atomic mass is 16.5. The molecular formula is C30H42N2O2. The van der Waals surface area contributed by atoms with Crippen LogP contribution in [0.4, 0.5) is 0 Å². The second-order valence-electron chi connectivity index (χ2n) is 9.59. The fourth-order valence-corrected chi connectivity index (χ4v) is 4.18. The Morgan fingerprint density at radius 2 is 1.50 bits per heavy atom. The maximum atomic E-state index is 12.4. The first-order valence-corrected chi connectivity index (χ1v) is 13.2. The molecule has 0 N–H and O–H groups in total. The molecule has 34 heavy (non-hydrogen) atoms. The molecule has 0 fully saturated rings. The van der Waals surface area contributed by atoms with Crippen LogP contribution in [0, 0.1) is 16.7 Å². The summed E-state index contributed by atoms with van der Waals surface area (Å²) in [7, 11) is 0. The Morgan fingerprint density at radius 1 is 0.882 bits per heavy atom. The van der Waals surface area contributed by atoms with Gasteiger partial charge >= 0.3 is 5.97 Å². The van der Waals surface area contributed by atoms with Crippen molar-refractivity contribution in [2.75, 3.05) is 0 Å². The number of aromatic nitrogens is 1. The maximum Gasteiger partial charge on any atom is 0.331 e. The van der Waals surface area contributed by atoms with E-state index >= 15 is 0 Å². The summed E-state index contributed by atoms with van der Waals surface area (Å²) in [6.45, 7) is 5.85. The van der Waals surface area contributed by atoms with Crippen LogP contribution in [-0.2, 0) is 11.2 Å². The third-order valence-corrected chi connectivity index (χ3v) is 6.45. The number of aryl methyl sites for hydroxylation is 1. The summed E-state index contributed by atoms with van der Waals surface area (Å²) in [6.07, 6.45) is 17.8. The Bertz CT molecular complexity index is 884. The van der Waals surface area contributed by atoms with E-state index in [2.05, 4.69) is 30.1 Å². The molecule has 2 aromatic rings. The second-order valence-corrected chi connectivity index (χ2v) is 9.59. The molecule has 184 valence electrons. The molecule has 0 spiro atoms. The highest BCUT2D eigenvalue weighted by Crippen LogP contribution is 2.27. The summed E-state index contributed by atoms with van der Waals surface area (Å²) in [5.41, 5.74) is 2.04. The van der Waals surface area contributed by atoms with Crippen molar-refractivity contribution in [1.29, 1.82) is 5.26 Å². The molecule has 1 atom stereocenters. The summed E-state index contributed by atoms with van der Waals surface area (Å²) >= 11 is 0. The van der Waals surface area contributed by atoms with Crippen molar-refractivity contribution in [2.24, 2.45) is 5.41 Å². The third-order valence-electron chi connectivity index (χ3n) is 6.45. The molecular weight excluding hydrogens is 420 g/mol. The molecule has 2 rings (SSSR count). The van der Waals surface area contributed by atoms with Crippen LogP contribution in [-0.4, -0.2) is 11.0 Å². The van der Waals surface area contributed by atoms with E-state index < -0.39 is 11.4 Å². The fraction of sp³-hybridized carbons (Fsp3) is 0.567. The molecule has 0 aliphatic carbocycles. The number of hydrogen-bond acceptors (Lipinski definition) is 4. The summed E-state index contributed by atoms with van der Waals surface area (Å²) in [5.74, 6) is -0.0528. The molecule has 0 amide bonds. The second kappa shape index (κ2) is 15.3. The van der Waals surface area contributed by atoms with Crippen LogP contribution in [0.2, 0.25) is 0 Å². The van der Waals surface area contributed by atoms with Gasteiger partial charge in [-0.2, -0.15) is 5.26 Å². The number of nitriles is 1. The van der Waals surface area contributed by atoms with Gasteiger partial charge in [-0.25, -0.2) is 4.79 Å². The van der Waals surface area contributed by atoms with Crippen molar-refractivity contribution in [3.05, 3.63) is 48.2 Å². The Balaban J connectivity index is 1.74. The number of rotatable bonds is 16. The number of ether oxygens (including phenoxy) is 1. The standard InChI is InChI=1S/C30H42N2O2/c1-4-6-7-8-9-10-11-12-13-14-15-25-16-21-28(32-23-25)26-17-19-27(20-18-26)34-29(33)30(3,24-31)22-5-2/h16-21,23H,4-15,22H2,1-3H3. The quantitative estimate of drug-likeness (QED) is 0.143. The van der Waals surface area contributed by atoms with Crippen LogP contribution in [0.3, 0.4) is 0 Å². The largest absolute Gasteiger partial charge is 0.425 e. The zero-order chi connectivity index (χ0) is 24.7. The van der Waals surface area contributed by atoms with Gasteiger partial charge in [-0.05, 0) is 62.1 Å². The summed E-state index contributed by atoms with van der Waals surface area (Å²) in [4.78, 5) is 17.0. The zero-order valence-corrected chi connectivity index (χ0v) is 21.4. The molecule has 0 aliphatic heterocycles. The van der Waals surface area contributed by atoms with Gasteiger partial charge in [-0.1, -0.05) is 84.1 Å². The van der Waals surface area contributed by atoms with E-state index in [9.17, 15) is 10.1 Å². The number of carbonyl (C=O) groups excluding carboxylic acids is 1. The lowest BCUT2D eigenvalue weighted by atomic mass is 9.87. The lowest BCUT2D eigenvalue weighted by molar-refractivity contribution is -0.142. The lowest BCUT2D eigenvalue weighted by Gasteiger charge is -2.18. The van der Waals surface area contributed by atoms with E-state index in [4.69, 9.17) is 4.74 Å². The lowest BCUT2D eigenvalue weighted by Crippen LogP contribution is -2.30. The first kappa shape index (κ1) is 27.6. The molecule has 0 saturated carbocycles. The van der Waals surface area contributed by atoms with Crippen molar-refractivity contribution >= 4 is 5.97 Å². The smallest absolute Gasteiger partial charge is 0.331 e. The molecule has 1 unspecified atom stereocenters. The minimum absolute atomic E-state index is 0.448. The van der Waals surface area contributed by atoms with Crippen molar-refractivity contribution in [2.45, 2.75) is 104 Å². The molecule has 1 aromatic heterocycles. The number of carbonyl (C=O) groups is 1. The number of benzene rings is 1. The number of pyridine rings is 1. The van der Waals surface area contributed by atoms with Gasteiger partial charge in [-0.15, -0.1) is 0 Å². The predicted molar refractivity (Wildman–Crippen MR) is 139 cm³/mol. The molecule has 0 bridgehead atoms. The van der Waals surface area contributed by atoms with Crippen LogP contribution in [0.5, 0.6) is 5.75 Å². The number of hydrogen-bond donors (Lipinski definition) is 0. The topological polar surface area (TPSA) is 63.0 Å². The molecule has 4 nitrogen and oxygen atoms in total. The number of nitrogens with zero attached hydrogens (tertiary/aromatic N) is 2. The van der Waals surface area contributed by atoms with Crippen LogP contribution < -0.4 is 4.74 Å². The van der Waals surface area contributed by atoms with Crippen molar-refractivity contribution < 1.29 is 9.53 Å². The SMILES string of the molecule is CCCCCCCCCCCCc1ccc(-c2ccc(OC(=O)C(C)(C#N)CCC)cc2)nc1. The Hall–Kier alpha value is -2.67. The van der Waals surface area contributed by atoms with E-state index in [0.29, 0.717) is 12.2 Å². The molecule has 1 heterocycles. The van der Waals surface area contributed by atoms with Gasteiger partial charge in [0.2, 0.25) is 0 Å². The summed E-state index contributed by atoms with van der Waals surface area (Å²) < 4.78 is 5.45. The van der Waals surface area contributed by atoms with Crippen LogP contribution in [0.1, 0.15) is 103 Å². The van der Waals surface area contributed by atoms with E-state index in [0.717, 1.165) is 24.1 Å². The normalized spacial score (nSPS) is 12.6. The van der Waals surface area contributed by atoms with Crippen LogP contribution in [0.15, 0.2) is 42.6 Å². The minimum Gasteiger partial charge on any atom is -0.425 e. The average molecular weight is 463 g/mol. The van der Waals surface area contributed by atoms with Gasteiger partial charge in [-0.3, -0.25) is 4.98 Å². The van der Waals surface area contributed by atoms with Gasteiger partial charge in [0.25, 0.3) is 0 Å². The monoisotopic (exact) mass is 462 g/mol. The van der Waals surface area contributed by atoms with Crippen molar-refractivity contribution in [3.63, 3.8) is 0 Å². The van der Waals surface area contributed by atoms with Gasteiger partial charge in [0, 0.05) is 11.8 Å². The highest BCUT2D eigenvalue weighted by molar-refractivity contribution is 5.81. The zero-order valence-electron chi connectivity index (χ0n) is 21.4. The Labute approximate surface area is 206 Å². The van der Waals surface area contributed by atoms with Crippen molar-refractivity contribution in [1.82, 2.24) is 4.98 Å². The Morgan fingerprint density at radius 3 is 2.03 bits per heavy atom. The number of unbranched alkanes of at least 4 members (excludes halogenated alkanes) is 9. The van der Waals surface area contributed by atoms with Gasteiger partial charge in [0.05, 0.1) is 11.8 Å². The van der Waals surface area contributed by atoms with Gasteiger partial charge in [0.15, 0.2) is 5.41 Å². The minimum atomic E-state index is -1.11. The summed E-state index contributed by atoms with van der Waals surface area (Å²) in [5, 5.41) is 9.36. The van der Waals surface area contributed by atoms with E-state index in [1.54, 1.807) is 19.1 Å². The summed E-state index contributed by atoms with van der Waals surface area (Å²) in [6, 6.07) is 13.6. The average Bonchev–Trinajstić information content (AvgIpc) is 2.86. The van der Waals surface area contributed by atoms with E-state index in [1.165, 1.54) is 69.8 Å². The maximum absolute atomic E-state index is 12.4. The predicted octanol–water partition coefficient (Wildman–Crippen LogP) is 8.45. The molecule has 4 heteroatoms. The van der Waals surface area contributed by atoms with E-state index in [-0.39, 0.29) is 0 Å².